The fourth-order valence-corrected chi connectivity index (χ4v) is 1.59. The predicted molar refractivity (Wildman–Crippen MR) is 63.2 cm³/mol. The van der Waals surface area contributed by atoms with Crippen LogP contribution in [0.1, 0.15) is 30.1 Å². The summed E-state index contributed by atoms with van der Waals surface area (Å²) in [6.45, 7) is 5.36. The van der Waals surface area contributed by atoms with Gasteiger partial charge in [-0.3, -0.25) is 0 Å². The van der Waals surface area contributed by atoms with Crippen molar-refractivity contribution in [1.82, 2.24) is 19.9 Å². The van der Waals surface area contributed by atoms with Crippen molar-refractivity contribution in [3.05, 3.63) is 35.5 Å². The van der Waals surface area contributed by atoms with E-state index in [1.165, 1.54) is 0 Å². The minimum atomic E-state index is -0.559. The molecule has 0 fully saturated rings. The monoisotopic (exact) mass is 230 g/mol. The molecule has 2 heterocycles. The lowest BCUT2D eigenvalue weighted by Crippen LogP contribution is -2.02. The van der Waals surface area contributed by atoms with Crippen LogP contribution in [0.25, 0.3) is 11.5 Å². The van der Waals surface area contributed by atoms with E-state index in [-0.39, 0.29) is 0 Å². The molecular weight excluding hydrogens is 216 g/mol. The lowest BCUT2D eigenvalue weighted by molar-refractivity contribution is 0.197. The first kappa shape index (κ1) is 11.6. The summed E-state index contributed by atoms with van der Waals surface area (Å²) in [5, 5.41) is 9.50. The van der Waals surface area contributed by atoms with Crippen LogP contribution in [0.5, 0.6) is 0 Å². The van der Waals surface area contributed by atoms with Crippen molar-refractivity contribution < 1.29 is 5.11 Å². The maximum Gasteiger partial charge on any atom is 0.178 e. The maximum absolute atomic E-state index is 9.50. The normalized spacial score (nSPS) is 12.5. The zero-order valence-corrected chi connectivity index (χ0v) is 10.0. The van der Waals surface area contributed by atoms with E-state index in [0.717, 1.165) is 11.3 Å². The van der Waals surface area contributed by atoms with Gasteiger partial charge in [0.1, 0.15) is 11.5 Å². The largest absolute Gasteiger partial charge is 0.389 e. The number of aromatic nitrogens is 4. The van der Waals surface area contributed by atoms with Gasteiger partial charge in [0, 0.05) is 23.7 Å². The van der Waals surface area contributed by atoms with Gasteiger partial charge < -0.3 is 5.11 Å². The van der Waals surface area contributed by atoms with Gasteiger partial charge in [-0.1, -0.05) is 0 Å². The minimum absolute atomic E-state index is 0.553. The van der Waals surface area contributed by atoms with Gasteiger partial charge in [-0.2, -0.15) is 0 Å². The van der Waals surface area contributed by atoms with E-state index < -0.39 is 6.10 Å². The smallest absolute Gasteiger partial charge is 0.178 e. The Hall–Kier alpha value is -1.88. The molecule has 0 aliphatic carbocycles. The summed E-state index contributed by atoms with van der Waals surface area (Å²) < 4.78 is 0. The van der Waals surface area contributed by atoms with Crippen molar-refractivity contribution in [2.45, 2.75) is 26.9 Å². The summed E-state index contributed by atoms with van der Waals surface area (Å²) in [7, 11) is 0. The molecule has 0 radical (unpaired) electrons. The molecule has 2 rings (SSSR count). The number of nitrogens with zero attached hydrogens (tertiary/aromatic N) is 4. The summed E-state index contributed by atoms with van der Waals surface area (Å²) in [5.41, 5.74) is 2.19. The second-order valence-electron chi connectivity index (χ2n) is 3.90. The molecule has 1 N–H and O–H groups in total. The van der Waals surface area contributed by atoms with Crippen LogP contribution in [0, 0.1) is 13.8 Å². The van der Waals surface area contributed by atoms with Gasteiger partial charge in [-0.15, -0.1) is 0 Å². The summed E-state index contributed by atoms with van der Waals surface area (Å²) in [6, 6.07) is 1.77. The van der Waals surface area contributed by atoms with Crippen LogP contribution in [0.4, 0.5) is 0 Å². The number of rotatable bonds is 2. The third kappa shape index (κ3) is 2.45. The summed E-state index contributed by atoms with van der Waals surface area (Å²) in [6.07, 6.45) is 2.76. The van der Waals surface area contributed by atoms with Gasteiger partial charge in [0.15, 0.2) is 5.82 Å². The highest BCUT2D eigenvalue weighted by molar-refractivity contribution is 5.48. The Labute approximate surface area is 99.6 Å². The highest BCUT2D eigenvalue weighted by atomic mass is 16.3. The average Bonchev–Trinajstić information content (AvgIpc) is 2.28. The number of aliphatic hydroxyl groups is 1. The summed E-state index contributed by atoms with van der Waals surface area (Å²) >= 11 is 0. The van der Waals surface area contributed by atoms with Crippen molar-refractivity contribution in [3.63, 3.8) is 0 Å². The molecular formula is C12H14N4O. The summed E-state index contributed by atoms with van der Waals surface area (Å²) in [4.78, 5) is 16.8. The van der Waals surface area contributed by atoms with Gasteiger partial charge in [0.25, 0.3) is 0 Å². The molecule has 88 valence electrons. The molecule has 0 aromatic carbocycles. The van der Waals surface area contributed by atoms with Crippen LogP contribution >= 0.6 is 0 Å². The van der Waals surface area contributed by atoms with Gasteiger partial charge in [0.05, 0.1) is 6.10 Å². The van der Waals surface area contributed by atoms with E-state index in [4.69, 9.17) is 0 Å². The van der Waals surface area contributed by atoms with Crippen LogP contribution in [0.3, 0.4) is 0 Å². The third-order valence-electron chi connectivity index (χ3n) is 2.47. The second kappa shape index (κ2) is 4.55. The SMILES string of the molecule is Cc1nccc(-c2ncc(C(C)O)c(C)n2)n1. The first-order valence-electron chi connectivity index (χ1n) is 5.39. The Morgan fingerprint density at radius 3 is 2.53 bits per heavy atom. The van der Waals surface area contributed by atoms with Gasteiger partial charge in [-0.05, 0) is 26.8 Å². The number of aryl methyl sites for hydroxylation is 2. The molecule has 2 aromatic heterocycles. The zero-order valence-electron chi connectivity index (χ0n) is 10.0. The predicted octanol–water partition coefficient (Wildman–Crippen LogP) is 1.60. The molecule has 0 bridgehead atoms. The molecule has 0 aliphatic heterocycles. The lowest BCUT2D eigenvalue weighted by Gasteiger charge is -2.08. The first-order valence-corrected chi connectivity index (χ1v) is 5.39. The first-order chi connectivity index (χ1) is 8.08. The quantitative estimate of drug-likeness (QED) is 0.848. The number of hydrogen-bond acceptors (Lipinski definition) is 5. The Bertz CT molecular complexity index is 540. The van der Waals surface area contributed by atoms with Gasteiger partial charge in [0.2, 0.25) is 0 Å². The van der Waals surface area contributed by atoms with E-state index in [1.807, 2.05) is 13.8 Å². The third-order valence-corrected chi connectivity index (χ3v) is 2.47. The lowest BCUT2D eigenvalue weighted by atomic mass is 10.1. The molecule has 0 spiro atoms. The molecule has 0 saturated heterocycles. The van der Waals surface area contributed by atoms with Crippen molar-refractivity contribution in [2.24, 2.45) is 0 Å². The van der Waals surface area contributed by atoms with Crippen LogP contribution in [0.15, 0.2) is 18.5 Å². The van der Waals surface area contributed by atoms with Crippen LogP contribution < -0.4 is 0 Å². The molecule has 2 aromatic rings. The van der Waals surface area contributed by atoms with Crippen molar-refractivity contribution in [1.29, 1.82) is 0 Å². The maximum atomic E-state index is 9.50. The van der Waals surface area contributed by atoms with Crippen LogP contribution in [-0.4, -0.2) is 25.0 Å². The Morgan fingerprint density at radius 1 is 1.18 bits per heavy atom. The highest BCUT2D eigenvalue weighted by Gasteiger charge is 2.10. The van der Waals surface area contributed by atoms with Gasteiger partial charge >= 0.3 is 0 Å². The Morgan fingerprint density at radius 2 is 1.94 bits per heavy atom. The van der Waals surface area contributed by atoms with E-state index in [9.17, 15) is 5.11 Å². The van der Waals surface area contributed by atoms with E-state index >= 15 is 0 Å². The topological polar surface area (TPSA) is 71.8 Å². The standard InChI is InChI=1S/C12H14N4O/c1-7-10(8(2)17)6-14-12(15-7)11-4-5-13-9(3)16-11/h4-6,8,17H,1-3H3. The average molecular weight is 230 g/mol. The molecule has 0 saturated carbocycles. The molecule has 0 aliphatic rings. The highest BCUT2D eigenvalue weighted by Crippen LogP contribution is 2.18. The van der Waals surface area contributed by atoms with E-state index in [1.54, 1.807) is 25.4 Å². The zero-order chi connectivity index (χ0) is 12.4. The molecule has 5 heteroatoms. The Kier molecular flexibility index (Phi) is 3.10. The van der Waals surface area contributed by atoms with Crippen molar-refractivity contribution in [3.8, 4) is 11.5 Å². The van der Waals surface area contributed by atoms with E-state index in [0.29, 0.717) is 17.3 Å². The summed E-state index contributed by atoms with van der Waals surface area (Å²) in [5.74, 6) is 1.24. The molecule has 0 amide bonds. The number of aliphatic hydroxyl groups excluding tert-OH is 1. The molecule has 1 atom stereocenters. The van der Waals surface area contributed by atoms with Crippen molar-refractivity contribution >= 4 is 0 Å². The van der Waals surface area contributed by atoms with E-state index in [2.05, 4.69) is 19.9 Å². The Balaban J connectivity index is 2.44. The second-order valence-corrected chi connectivity index (χ2v) is 3.90. The molecule has 1 unspecified atom stereocenters. The fourth-order valence-electron chi connectivity index (χ4n) is 1.59. The van der Waals surface area contributed by atoms with Crippen LogP contribution in [0.2, 0.25) is 0 Å². The molecule has 5 nitrogen and oxygen atoms in total. The van der Waals surface area contributed by atoms with Crippen LogP contribution in [-0.2, 0) is 0 Å². The number of hydrogen-bond donors (Lipinski definition) is 1. The van der Waals surface area contributed by atoms with Gasteiger partial charge in [-0.25, -0.2) is 19.9 Å². The fraction of sp³-hybridized carbons (Fsp3) is 0.333. The minimum Gasteiger partial charge on any atom is -0.389 e. The van der Waals surface area contributed by atoms with Crippen molar-refractivity contribution in [2.75, 3.05) is 0 Å². The molecule has 17 heavy (non-hydrogen) atoms.